The van der Waals surface area contributed by atoms with Crippen LogP contribution in [0.5, 0.6) is 0 Å². The lowest BCUT2D eigenvalue weighted by molar-refractivity contribution is -0.161. The first-order valence-corrected chi connectivity index (χ1v) is 31.9. The second-order valence-electron chi connectivity index (χ2n) is 19.8. The monoisotopic (exact) mass is 1110 g/mol. The highest BCUT2D eigenvalue weighted by Crippen LogP contribution is 2.43. The third-order valence-corrected chi connectivity index (χ3v) is 13.3. The predicted octanol–water partition coefficient (Wildman–Crippen LogP) is 18.4. The van der Waals surface area contributed by atoms with E-state index in [0.717, 1.165) is 154 Å². The molecule has 0 saturated heterocycles. The zero-order valence-corrected chi connectivity index (χ0v) is 50.0. The van der Waals surface area contributed by atoms with E-state index in [2.05, 4.69) is 142 Å². The zero-order valence-electron chi connectivity index (χ0n) is 49.1. The maximum absolute atomic E-state index is 12.9. The smallest absolute Gasteiger partial charge is 0.462 e. The summed E-state index contributed by atoms with van der Waals surface area (Å²) in [4.78, 5) is 48.6. The normalized spacial score (nSPS) is 14.2. The summed E-state index contributed by atoms with van der Waals surface area (Å²) in [5.74, 6) is -1.54. The first-order valence-electron chi connectivity index (χ1n) is 30.4. The molecule has 0 aliphatic rings. The molecule has 0 radical (unpaired) electrons. The van der Waals surface area contributed by atoms with Gasteiger partial charge in [-0.3, -0.25) is 23.4 Å². The fourth-order valence-corrected chi connectivity index (χ4v) is 8.50. The molecular formula is C66H109O11P. The van der Waals surface area contributed by atoms with Gasteiger partial charge in [0.2, 0.25) is 0 Å². The van der Waals surface area contributed by atoms with Crippen molar-refractivity contribution in [3.05, 3.63) is 122 Å². The summed E-state index contributed by atoms with van der Waals surface area (Å²) >= 11 is 0. The third-order valence-electron chi connectivity index (χ3n) is 12.3. The number of allylic oxidation sites excluding steroid dienone is 20. The fourth-order valence-electron chi connectivity index (χ4n) is 7.72. The number of carbonyl (C=O) groups is 3. The standard InChI is InChI=1S/C66H109O11P/c1-4-7-10-13-16-19-22-25-27-29-31-33-35-38-40-43-46-49-52-55-64(68)73-59-63(77-66(70)57-54-51-48-45-42-39-36-34-32-30-28-26-23-20-17-14-11-8-5-2)61-75-78(71,72)74-60-62(58-67)76-65(69)56-53-50-47-44-41-37-24-21-18-15-12-9-6-3/h7,10,12,15-17,19-21,24-28,31-34,38,40,62-63,67H,4-6,8-9,11,13-14,18,22-23,29-30,35-37,39,41-61H2,1-3H3,(H,71,72)/b10-7-,15-12-,19-16-,20-17-,24-21-,27-25-,28-26-,33-31-,34-32-,40-38-. The topological polar surface area (TPSA) is 155 Å². The van der Waals surface area contributed by atoms with Gasteiger partial charge >= 0.3 is 25.7 Å². The Labute approximate surface area is 475 Å². The predicted molar refractivity (Wildman–Crippen MR) is 325 cm³/mol. The molecule has 0 fully saturated rings. The minimum atomic E-state index is -4.77. The molecule has 3 atom stereocenters. The van der Waals surface area contributed by atoms with Gasteiger partial charge in [0.15, 0.2) is 6.10 Å². The van der Waals surface area contributed by atoms with Crippen LogP contribution in [-0.2, 0) is 42.2 Å². The first-order chi connectivity index (χ1) is 38.2. The minimum Gasteiger partial charge on any atom is -0.462 e. The molecule has 0 heterocycles. The number of aliphatic hydroxyl groups excluding tert-OH is 1. The lowest BCUT2D eigenvalue weighted by Gasteiger charge is -2.21. The second-order valence-corrected chi connectivity index (χ2v) is 21.2. The summed E-state index contributed by atoms with van der Waals surface area (Å²) in [6.45, 7) is 4.37. The molecule has 0 amide bonds. The Kier molecular flexibility index (Phi) is 55.9. The van der Waals surface area contributed by atoms with Gasteiger partial charge in [0, 0.05) is 19.3 Å². The van der Waals surface area contributed by atoms with Crippen molar-refractivity contribution in [3.63, 3.8) is 0 Å². The van der Waals surface area contributed by atoms with Gasteiger partial charge in [0.05, 0.1) is 19.8 Å². The van der Waals surface area contributed by atoms with Gasteiger partial charge in [-0.1, -0.05) is 213 Å². The maximum atomic E-state index is 12.9. The Balaban J connectivity index is 4.83. The number of rotatable bonds is 55. The quantitative estimate of drug-likeness (QED) is 0.0197. The van der Waals surface area contributed by atoms with Crippen LogP contribution >= 0.6 is 7.82 Å². The molecule has 0 aliphatic heterocycles. The second kappa shape index (κ2) is 59.0. The maximum Gasteiger partial charge on any atom is 0.472 e. The van der Waals surface area contributed by atoms with E-state index in [1.807, 2.05) is 0 Å². The van der Waals surface area contributed by atoms with E-state index in [0.29, 0.717) is 19.3 Å². The highest BCUT2D eigenvalue weighted by Gasteiger charge is 2.28. The Morgan fingerprint density at radius 2 is 0.692 bits per heavy atom. The summed E-state index contributed by atoms with van der Waals surface area (Å²) in [5.41, 5.74) is 0. The Hall–Kier alpha value is -4.12. The van der Waals surface area contributed by atoms with Crippen molar-refractivity contribution in [2.24, 2.45) is 0 Å². The zero-order chi connectivity index (χ0) is 56.9. The van der Waals surface area contributed by atoms with E-state index in [1.54, 1.807) is 0 Å². The van der Waals surface area contributed by atoms with Crippen molar-refractivity contribution in [1.29, 1.82) is 0 Å². The first kappa shape index (κ1) is 73.9. The van der Waals surface area contributed by atoms with Crippen molar-refractivity contribution < 1.29 is 52.2 Å². The van der Waals surface area contributed by atoms with Crippen LogP contribution < -0.4 is 0 Å². The van der Waals surface area contributed by atoms with Gasteiger partial charge in [-0.05, 0) is 128 Å². The van der Waals surface area contributed by atoms with Crippen LogP contribution in [0.3, 0.4) is 0 Å². The van der Waals surface area contributed by atoms with Crippen LogP contribution in [-0.4, -0.2) is 66.5 Å². The third kappa shape index (κ3) is 56.6. The lowest BCUT2D eigenvalue weighted by Crippen LogP contribution is -2.30. The summed E-state index contributed by atoms with van der Waals surface area (Å²) < 4.78 is 39.5. The summed E-state index contributed by atoms with van der Waals surface area (Å²) in [7, 11) is -4.77. The van der Waals surface area contributed by atoms with Gasteiger partial charge in [0.1, 0.15) is 12.7 Å². The molecule has 11 nitrogen and oxygen atoms in total. The Morgan fingerprint density at radius 1 is 0.372 bits per heavy atom. The summed E-state index contributed by atoms with van der Waals surface area (Å²) in [6.07, 6.45) is 72.9. The van der Waals surface area contributed by atoms with Crippen LogP contribution in [0.25, 0.3) is 0 Å². The number of esters is 3. The summed E-state index contributed by atoms with van der Waals surface area (Å²) in [6, 6.07) is 0. The molecule has 0 aromatic heterocycles. The van der Waals surface area contributed by atoms with Crippen molar-refractivity contribution in [2.45, 2.75) is 251 Å². The number of phosphoric acid groups is 1. The molecule has 0 aromatic carbocycles. The highest BCUT2D eigenvalue weighted by molar-refractivity contribution is 7.47. The molecule has 0 saturated carbocycles. The Morgan fingerprint density at radius 3 is 1.09 bits per heavy atom. The van der Waals surface area contributed by atoms with Crippen LogP contribution in [0.1, 0.15) is 239 Å². The fraction of sp³-hybridized carbons (Fsp3) is 0.652. The largest absolute Gasteiger partial charge is 0.472 e. The van der Waals surface area contributed by atoms with Crippen LogP contribution in [0.15, 0.2) is 122 Å². The molecule has 0 rings (SSSR count). The van der Waals surface area contributed by atoms with Gasteiger partial charge in [-0.25, -0.2) is 4.57 Å². The van der Waals surface area contributed by atoms with Crippen molar-refractivity contribution >= 4 is 25.7 Å². The van der Waals surface area contributed by atoms with Gasteiger partial charge in [-0.2, -0.15) is 0 Å². The molecule has 2 N–H and O–H groups in total. The molecule has 3 unspecified atom stereocenters. The number of phosphoric ester groups is 1. The molecule has 12 heteroatoms. The van der Waals surface area contributed by atoms with Crippen molar-refractivity contribution in [2.75, 3.05) is 26.4 Å². The van der Waals surface area contributed by atoms with E-state index in [4.69, 9.17) is 23.3 Å². The van der Waals surface area contributed by atoms with Crippen molar-refractivity contribution in [3.8, 4) is 0 Å². The molecule has 0 aromatic rings. The van der Waals surface area contributed by atoms with Crippen LogP contribution in [0, 0.1) is 0 Å². The number of aliphatic hydroxyl groups is 1. The molecule has 0 aliphatic carbocycles. The molecule has 78 heavy (non-hydrogen) atoms. The van der Waals surface area contributed by atoms with E-state index in [1.165, 1.54) is 25.7 Å². The molecule has 0 bridgehead atoms. The average Bonchev–Trinajstić information content (AvgIpc) is 3.43. The van der Waals surface area contributed by atoms with Crippen LogP contribution in [0.2, 0.25) is 0 Å². The van der Waals surface area contributed by atoms with E-state index < -0.39 is 57.8 Å². The Bertz CT molecular complexity index is 1770. The highest BCUT2D eigenvalue weighted by atomic mass is 31.2. The van der Waals surface area contributed by atoms with Crippen molar-refractivity contribution in [1.82, 2.24) is 0 Å². The molecular weight excluding hydrogens is 1000 g/mol. The van der Waals surface area contributed by atoms with E-state index >= 15 is 0 Å². The SMILES string of the molecule is CC/C=C\C/C=C\C/C=C\C/C=C\C/C=C\CCCCCC(=O)OCC(COP(=O)(O)OCC(CO)OC(=O)CCCCCCC/C=C\C/C=C\CCC)OC(=O)CCCCCCCC/C=C\C/C=C\C/C=C\CCCCC. The lowest BCUT2D eigenvalue weighted by atomic mass is 10.1. The van der Waals surface area contributed by atoms with Gasteiger partial charge in [0.25, 0.3) is 0 Å². The number of ether oxygens (including phenoxy) is 3. The number of carbonyl (C=O) groups excluding carboxylic acids is 3. The van der Waals surface area contributed by atoms with Gasteiger partial charge < -0.3 is 24.2 Å². The van der Waals surface area contributed by atoms with Crippen LogP contribution in [0.4, 0.5) is 0 Å². The average molecular weight is 1110 g/mol. The molecule has 444 valence electrons. The number of hydrogen-bond acceptors (Lipinski definition) is 10. The number of hydrogen-bond donors (Lipinski definition) is 2. The van der Waals surface area contributed by atoms with Gasteiger partial charge in [-0.15, -0.1) is 0 Å². The minimum absolute atomic E-state index is 0.138. The summed E-state index contributed by atoms with van der Waals surface area (Å²) in [5, 5.41) is 9.82. The number of unbranched alkanes of at least 4 members (excludes halogenated alkanes) is 18. The molecule has 0 spiro atoms. The van der Waals surface area contributed by atoms with E-state index in [9.17, 15) is 28.9 Å². The van der Waals surface area contributed by atoms with E-state index in [-0.39, 0.29) is 25.9 Å².